The summed E-state index contributed by atoms with van der Waals surface area (Å²) in [5.74, 6) is 0.421. The fourth-order valence-corrected chi connectivity index (χ4v) is 2.56. The summed E-state index contributed by atoms with van der Waals surface area (Å²) in [5.41, 5.74) is 1.64. The van der Waals surface area contributed by atoms with E-state index in [0.29, 0.717) is 17.3 Å². The Kier molecular flexibility index (Phi) is 4.75. The van der Waals surface area contributed by atoms with E-state index in [1.165, 1.54) is 24.5 Å². The molecule has 28 heavy (non-hydrogen) atoms. The van der Waals surface area contributed by atoms with Crippen molar-refractivity contribution in [3.63, 3.8) is 0 Å². The second-order valence-corrected chi connectivity index (χ2v) is 5.88. The average molecular weight is 374 g/mol. The molecule has 0 unspecified atom stereocenters. The summed E-state index contributed by atoms with van der Waals surface area (Å²) in [4.78, 5) is 20.5. The lowest BCUT2D eigenvalue weighted by Gasteiger charge is -2.09. The number of aromatic nitrogens is 4. The molecule has 0 saturated heterocycles. The molecule has 0 radical (unpaired) electrons. The van der Waals surface area contributed by atoms with E-state index in [1.807, 2.05) is 6.07 Å². The van der Waals surface area contributed by atoms with Crippen LogP contribution in [0.5, 0.6) is 0 Å². The van der Waals surface area contributed by atoms with Crippen LogP contribution in [0.15, 0.2) is 79.4 Å². The summed E-state index contributed by atoms with van der Waals surface area (Å²) in [7, 11) is 0. The average Bonchev–Trinajstić information content (AvgIpc) is 3.25. The Morgan fingerprint density at radius 1 is 0.964 bits per heavy atom. The lowest BCUT2D eigenvalue weighted by Crippen LogP contribution is -2.11. The molecule has 4 rings (SSSR count). The molecule has 0 aliphatic heterocycles. The van der Waals surface area contributed by atoms with Gasteiger partial charge in [0.2, 0.25) is 0 Å². The normalized spacial score (nSPS) is 10.5. The molecule has 2 aromatic carbocycles. The van der Waals surface area contributed by atoms with Gasteiger partial charge in [-0.05, 0) is 48.5 Å². The van der Waals surface area contributed by atoms with Crippen LogP contribution in [0.4, 0.5) is 21.6 Å². The Morgan fingerprint density at radius 2 is 1.79 bits per heavy atom. The van der Waals surface area contributed by atoms with E-state index < -0.39 is 5.82 Å². The molecule has 0 aliphatic carbocycles. The third-order valence-corrected chi connectivity index (χ3v) is 3.89. The summed E-state index contributed by atoms with van der Waals surface area (Å²) in [5, 5.41) is 10.0. The SMILES string of the molecule is O=C(Nc1ccc(Nc2cc(-n3cccn3)ncn2)cc1)c1cccc(F)c1. The Bertz CT molecular complexity index is 1100. The zero-order chi connectivity index (χ0) is 19.3. The van der Waals surface area contributed by atoms with E-state index in [4.69, 9.17) is 0 Å². The van der Waals surface area contributed by atoms with E-state index in [2.05, 4.69) is 25.7 Å². The number of amides is 1. The molecular weight excluding hydrogens is 359 g/mol. The van der Waals surface area contributed by atoms with Crippen molar-refractivity contribution in [2.75, 3.05) is 10.6 Å². The lowest BCUT2D eigenvalue weighted by atomic mass is 10.2. The number of hydrogen-bond donors (Lipinski definition) is 2. The molecule has 0 bridgehead atoms. The largest absolute Gasteiger partial charge is 0.340 e. The summed E-state index contributed by atoms with van der Waals surface area (Å²) in [6, 6.07) is 16.2. The number of nitrogens with one attached hydrogen (secondary N) is 2. The second-order valence-electron chi connectivity index (χ2n) is 5.88. The molecule has 0 aliphatic rings. The van der Waals surface area contributed by atoms with Crippen LogP contribution in [0.2, 0.25) is 0 Å². The number of hydrogen-bond acceptors (Lipinski definition) is 5. The highest BCUT2D eigenvalue weighted by molar-refractivity contribution is 6.04. The highest BCUT2D eigenvalue weighted by atomic mass is 19.1. The quantitative estimate of drug-likeness (QED) is 0.555. The lowest BCUT2D eigenvalue weighted by molar-refractivity contribution is 0.102. The van der Waals surface area contributed by atoms with Gasteiger partial charge in [-0.3, -0.25) is 4.79 Å². The van der Waals surface area contributed by atoms with Crippen molar-refractivity contribution in [2.24, 2.45) is 0 Å². The van der Waals surface area contributed by atoms with Gasteiger partial charge >= 0.3 is 0 Å². The molecular formula is C20H15FN6O. The van der Waals surface area contributed by atoms with Gasteiger partial charge in [0.05, 0.1) is 0 Å². The van der Waals surface area contributed by atoms with E-state index in [1.54, 1.807) is 53.5 Å². The van der Waals surface area contributed by atoms with Gasteiger partial charge in [-0.15, -0.1) is 0 Å². The number of benzene rings is 2. The predicted molar refractivity (Wildman–Crippen MR) is 103 cm³/mol. The van der Waals surface area contributed by atoms with E-state index in [0.717, 1.165) is 5.69 Å². The fraction of sp³-hybridized carbons (Fsp3) is 0. The third kappa shape index (κ3) is 4.01. The van der Waals surface area contributed by atoms with Crippen LogP contribution in [0.1, 0.15) is 10.4 Å². The monoisotopic (exact) mass is 374 g/mol. The third-order valence-electron chi connectivity index (χ3n) is 3.89. The van der Waals surface area contributed by atoms with Gasteiger partial charge in [-0.1, -0.05) is 6.07 Å². The van der Waals surface area contributed by atoms with Gasteiger partial charge in [0.25, 0.3) is 5.91 Å². The zero-order valence-electron chi connectivity index (χ0n) is 14.6. The standard InChI is InChI=1S/C20H15FN6O/c21-15-4-1-3-14(11-15)20(28)26-17-7-5-16(6-8-17)25-18-12-19(23-13-22-18)27-10-2-9-24-27/h1-13H,(H,26,28)(H,22,23,25). The van der Waals surface area contributed by atoms with Gasteiger partial charge in [-0.2, -0.15) is 5.10 Å². The van der Waals surface area contributed by atoms with Gasteiger partial charge in [-0.25, -0.2) is 19.0 Å². The Labute approximate surface area is 159 Å². The minimum atomic E-state index is -0.452. The maximum atomic E-state index is 13.2. The summed E-state index contributed by atoms with van der Waals surface area (Å²) in [6.07, 6.45) is 4.92. The first-order valence-corrected chi connectivity index (χ1v) is 8.43. The molecule has 2 heterocycles. The highest BCUT2D eigenvalue weighted by Crippen LogP contribution is 2.19. The number of carbonyl (C=O) groups is 1. The smallest absolute Gasteiger partial charge is 0.255 e. The van der Waals surface area contributed by atoms with Crippen LogP contribution in [0.3, 0.4) is 0 Å². The molecule has 0 atom stereocenters. The van der Waals surface area contributed by atoms with Gasteiger partial charge < -0.3 is 10.6 Å². The number of halogens is 1. The molecule has 2 N–H and O–H groups in total. The van der Waals surface area contributed by atoms with Crippen LogP contribution in [-0.2, 0) is 0 Å². The molecule has 7 nitrogen and oxygen atoms in total. The van der Waals surface area contributed by atoms with Crippen LogP contribution < -0.4 is 10.6 Å². The van der Waals surface area contributed by atoms with Crippen molar-refractivity contribution < 1.29 is 9.18 Å². The summed E-state index contributed by atoms with van der Waals surface area (Å²) < 4.78 is 14.9. The van der Waals surface area contributed by atoms with E-state index >= 15 is 0 Å². The molecule has 138 valence electrons. The van der Waals surface area contributed by atoms with Crippen LogP contribution in [-0.4, -0.2) is 25.7 Å². The molecule has 8 heteroatoms. The minimum Gasteiger partial charge on any atom is -0.340 e. The summed E-state index contributed by atoms with van der Waals surface area (Å²) in [6.45, 7) is 0. The topological polar surface area (TPSA) is 84.7 Å². The van der Waals surface area contributed by atoms with Crippen LogP contribution in [0, 0.1) is 5.82 Å². The van der Waals surface area contributed by atoms with Crippen molar-refractivity contribution in [3.8, 4) is 5.82 Å². The van der Waals surface area contributed by atoms with Gasteiger partial charge in [0.15, 0.2) is 5.82 Å². The van der Waals surface area contributed by atoms with Gasteiger partial charge in [0.1, 0.15) is 18.0 Å². The molecule has 1 amide bonds. The van der Waals surface area contributed by atoms with Crippen molar-refractivity contribution >= 4 is 23.1 Å². The molecule has 0 spiro atoms. The minimum absolute atomic E-state index is 0.259. The summed E-state index contributed by atoms with van der Waals surface area (Å²) >= 11 is 0. The van der Waals surface area contributed by atoms with Crippen LogP contribution >= 0.6 is 0 Å². The first-order valence-electron chi connectivity index (χ1n) is 8.43. The van der Waals surface area contributed by atoms with Crippen LogP contribution in [0.25, 0.3) is 5.82 Å². The zero-order valence-corrected chi connectivity index (χ0v) is 14.6. The molecule has 0 fully saturated rings. The maximum absolute atomic E-state index is 13.2. The van der Waals surface area contributed by atoms with Crippen molar-refractivity contribution in [2.45, 2.75) is 0 Å². The number of anilines is 3. The van der Waals surface area contributed by atoms with Crippen molar-refractivity contribution in [3.05, 3.63) is 90.8 Å². The van der Waals surface area contributed by atoms with Gasteiger partial charge in [0, 0.05) is 35.4 Å². The number of rotatable bonds is 5. The van der Waals surface area contributed by atoms with E-state index in [-0.39, 0.29) is 11.5 Å². The second kappa shape index (κ2) is 7.67. The van der Waals surface area contributed by atoms with Crippen molar-refractivity contribution in [1.82, 2.24) is 19.7 Å². The maximum Gasteiger partial charge on any atom is 0.255 e. The van der Waals surface area contributed by atoms with E-state index in [9.17, 15) is 9.18 Å². The highest BCUT2D eigenvalue weighted by Gasteiger charge is 2.07. The molecule has 4 aromatic rings. The Morgan fingerprint density at radius 3 is 2.54 bits per heavy atom. The predicted octanol–water partition coefficient (Wildman–Crippen LogP) is 3.80. The van der Waals surface area contributed by atoms with Crippen molar-refractivity contribution in [1.29, 1.82) is 0 Å². The molecule has 2 aromatic heterocycles. The Hall–Kier alpha value is -4.07. The Balaban J connectivity index is 1.44. The molecule has 0 saturated carbocycles. The first-order chi connectivity index (χ1) is 13.7. The first kappa shape index (κ1) is 17.3. The number of carbonyl (C=O) groups excluding carboxylic acids is 1. The fourth-order valence-electron chi connectivity index (χ4n) is 2.56. The number of nitrogens with zero attached hydrogens (tertiary/aromatic N) is 4.